The van der Waals surface area contributed by atoms with Crippen molar-refractivity contribution in [3.05, 3.63) is 11.6 Å². The molecule has 0 radical (unpaired) electrons. The number of aliphatic hydroxyl groups excluding tert-OH is 15. The third-order valence-electron chi connectivity index (χ3n) is 21.2. The largest absolute Gasteiger partial charge is 0.394 e. The molecule has 0 amide bonds. The van der Waals surface area contributed by atoms with Crippen LogP contribution in [0.1, 0.15) is 92.4 Å². The van der Waals surface area contributed by atoms with Crippen molar-refractivity contribution < 1.29 is 134 Å². The maximum absolute atomic E-state index is 12.2. The quantitative estimate of drug-likeness (QED) is 0.0610. The van der Waals surface area contributed by atoms with Crippen LogP contribution in [0.15, 0.2) is 11.6 Å². The van der Waals surface area contributed by atoms with Crippen molar-refractivity contribution in [3.8, 4) is 0 Å². The molecule has 10 rings (SSSR count). The van der Waals surface area contributed by atoms with Gasteiger partial charge in [-0.05, 0) is 98.7 Å². The molecule has 27 heteroatoms. The van der Waals surface area contributed by atoms with Crippen LogP contribution in [0.5, 0.6) is 0 Å². The van der Waals surface area contributed by atoms with Crippen LogP contribution in [0.4, 0.5) is 0 Å². The molecule has 3 saturated carbocycles. The Kier molecular flexibility index (Phi) is 19.9. The molecule has 0 bridgehead atoms. The SMILES string of the molecule is CC(CCC1(O)OC2CC3C4CC=C5CC(OC6OC(C)C(OC7OC(CO)C(O)C(O)C7O)C(OC7OC(CO)C(O)C(O)C7O)C6OC6OCC(O)C(O)C6O)CCC5(C)C4CCC3(C)C2C1C)COC1OC(CO)C(O)C(O)C1O. The van der Waals surface area contributed by atoms with E-state index in [1.165, 1.54) is 5.57 Å². The molecule has 27 nitrogen and oxygen atoms in total. The van der Waals surface area contributed by atoms with Gasteiger partial charge in [0.1, 0.15) is 110 Å². The fourth-order valence-corrected chi connectivity index (χ4v) is 16.2. The van der Waals surface area contributed by atoms with Gasteiger partial charge < -0.3 is 134 Å². The lowest BCUT2D eigenvalue weighted by Crippen LogP contribution is -2.68. The van der Waals surface area contributed by atoms with E-state index in [0.717, 1.165) is 32.1 Å². The minimum Gasteiger partial charge on any atom is -0.394 e. The molecule has 0 aromatic heterocycles. The zero-order valence-electron chi connectivity index (χ0n) is 47.6. The third kappa shape index (κ3) is 11.9. The van der Waals surface area contributed by atoms with E-state index >= 15 is 0 Å². The van der Waals surface area contributed by atoms with Gasteiger partial charge in [0, 0.05) is 12.3 Å². The summed E-state index contributed by atoms with van der Waals surface area (Å²) < 4.78 is 67.9. The molecule has 0 spiro atoms. The third-order valence-corrected chi connectivity index (χ3v) is 21.2. The zero-order chi connectivity index (χ0) is 59.9. The van der Waals surface area contributed by atoms with E-state index < -0.39 is 186 Å². The van der Waals surface area contributed by atoms with Crippen molar-refractivity contribution in [2.45, 2.75) is 258 Å². The van der Waals surface area contributed by atoms with Gasteiger partial charge in [0.05, 0.1) is 51.3 Å². The van der Waals surface area contributed by atoms with Gasteiger partial charge in [-0.15, -0.1) is 0 Å². The summed E-state index contributed by atoms with van der Waals surface area (Å²) in [4.78, 5) is 0. The highest BCUT2D eigenvalue weighted by molar-refractivity contribution is 5.26. The second-order valence-corrected chi connectivity index (χ2v) is 26.2. The molecule has 4 aliphatic carbocycles. The fraction of sp³-hybridized carbons (Fsp3) is 0.964. The monoisotopic (exact) mass is 1200 g/mol. The smallest absolute Gasteiger partial charge is 0.187 e. The Morgan fingerprint density at radius 1 is 0.602 bits per heavy atom. The second kappa shape index (κ2) is 25.5. The Hall–Kier alpha value is -1.34. The van der Waals surface area contributed by atoms with Gasteiger partial charge in [0.2, 0.25) is 0 Å². The normalized spacial score (nSPS) is 55.0. The lowest BCUT2D eigenvalue weighted by Gasteiger charge is -2.58. The minimum absolute atomic E-state index is 0.105. The molecule has 478 valence electrons. The van der Waals surface area contributed by atoms with Crippen molar-refractivity contribution in [3.63, 3.8) is 0 Å². The Morgan fingerprint density at radius 3 is 1.76 bits per heavy atom. The molecule has 0 aromatic carbocycles. The van der Waals surface area contributed by atoms with Crippen LogP contribution in [0.2, 0.25) is 0 Å². The van der Waals surface area contributed by atoms with Gasteiger partial charge in [-0.2, -0.15) is 0 Å². The number of rotatable bonds is 17. The molecule has 10 aliphatic rings. The van der Waals surface area contributed by atoms with E-state index in [-0.39, 0.29) is 41.3 Å². The number of hydrogen-bond acceptors (Lipinski definition) is 27. The first-order valence-electron chi connectivity index (χ1n) is 29.8. The highest BCUT2D eigenvalue weighted by atomic mass is 16.8. The van der Waals surface area contributed by atoms with Crippen molar-refractivity contribution in [2.75, 3.05) is 33.0 Å². The van der Waals surface area contributed by atoms with Crippen molar-refractivity contribution in [1.29, 1.82) is 0 Å². The summed E-state index contributed by atoms with van der Waals surface area (Å²) in [5.74, 6) is -0.554. The van der Waals surface area contributed by atoms with Crippen LogP contribution in [0, 0.1) is 46.3 Å². The van der Waals surface area contributed by atoms with Crippen LogP contribution in [-0.2, 0) is 52.1 Å². The number of fused-ring (bicyclic) bond motifs is 7. The Labute approximate surface area is 481 Å². The summed E-state index contributed by atoms with van der Waals surface area (Å²) >= 11 is 0. The lowest BCUT2D eigenvalue weighted by molar-refractivity contribution is -0.405. The Balaban J connectivity index is 0.842. The standard InChI is InChI=1S/C56H92O27/c1-21(19-73-49-43(69)39(65)36(62)31(16-57)77-49)8-13-56(72)22(2)34-30(83-56)15-28-26-7-6-24-14-25(9-11-54(24,4)27(26)10-12-55(28,34)5)76-53-48(82-50-42(68)35(61)29(60)20-74-50)47(81-52-45(71)41(67)38(64)33(18-59)79-52)46(23(3)75-53)80-51-44(70)40(66)37(63)32(17-58)78-51/h6,21-23,25-53,57-72H,7-20H2,1-5H3. The highest BCUT2D eigenvalue weighted by Crippen LogP contribution is 2.70. The summed E-state index contributed by atoms with van der Waals surface area (Å²) in [5.41, 5.74) is 0.889. The average molecular weight is 1200 g/mol. The van der Waals surface area contributed by atoms with E-state index in [1.807, 2.05) is 6.92 Å². The summed E-state index contributed by atoms with van der Waals surface area (Å²) in [6, 6.07) is 0. The van der Waals surface area contributed by atoms with Gasteiger partial charge in [-0.25, -0.2) is 0 Å². The number of allylic oxidation sites excluding steroid dienone is 1. The topological polar surface area (TPSA) is 425 Å². The molecule has 6 saturated heterocycles. The van der Waals surface area contributed by atoms with Crippen LogP contribution in [0.25, 0.3) is 0 Å². The van der Waals surface area contributed by atoms with Crippen LogP contribution >= 0.6 is 0 Å². The predicted molar refractivity (Wildman–Crippen MR) is 277 cm³/mol. The van der Waals surface area contributed by atoms with Crippen molar-refractivity contribution in [2.24, 2.45) is 46.3 Å². The Bertz CT molecular complexity index is 2180. The number of hydrogen-bond donors (Lipinski definition) is 16. The van der Waals surface area contributed by atoms with E-state index in [4.69, 9.17) is 52.1 Å². The van der Waals surface area contributed by atoms with Crippen LogP contribution < -0.4 is 0 Å². The molecule has 9 fully saturated rings. The van der Waals surface area contributed by atoms with Gasteiger partial charge in [-0.3, -0.25) is 0 Å². The van der Waals surface area contributed by atoms with Gasteiger partial charge in [0.15, 0.2) is 37.2 Å². The first kappa shape index (κ1) is 64.6. The Morgan fingerprint density at radius 2 is 1.16 bits per heavy atom. The molecular weight excluding hydrogens is 1100 g/mol. The molecule has 6 aliphatic heterocycles. The molecule has 6 heterocycles. The highest BCUT2D eigenvalue weighted by Gasteiger charge is 2.68. The zero-order valence-corrected chi connectivity index (χ0v) is 47.6. The molecule has 35 atom stereocenters. The van der Waals surface area contributed by atoms with Gasteiger partial charge in [0.25, 0.3) is 0 Å². The van der Waals surface area contributed by atoms with E-state index in [2.05, 4.69) is 26.8 Å². The molecule has 0 aromatic rings. The van der Waals surface area contributed by atoms with Crippen molar-refractivity contribution >= 4 is 0 Å². The molecule has 35 unspecified atom stereocenters. The summed E-state index contributed by atoms with van der Waals surface area (Å²) in [6.45, 7) is 7.75. The number of ether oxygens (including phenoxy) is 11. The maximum atomic E-state index is 12.2. The summed E-state index contributed by atoms with van der Waals surface area (Å²) in [5, 5.41) is 170. The predicted octanol–water partition coefficient (Wildman–Crippen LogP) is -4.54. The maximum Gasteiger partial charge on any atom is 0.187 e. The van der Waals surface area contributed by atoms with Crippen LogP contribution in [0.3, 0.4) is 0 Å². The molecule has 83 heavy (non-hydrogen) atoms. The minimum atomic E-state index is -1.96. The number of aliphatic hydroxyl groups is 16. The summed E-state index contributed by atoms with van der Waals surface area (Å²) in [7, 11) is 0. The van der Waals surface area contributed by atoms with E-state index in [9.17, 15) is 81.7 Å². The second-order valence-electron chi connectivity index (χ2n) is 26.2. The van der Waals surface area contributed by atoms with E-state index in [1.54, 1.807) is 6.92 Å². The molecule has 16 N–H and O–H groups in total. The first-order chi connectivity index (χ1) is 39.3. The summed E-state index contributed by atoms with van der Waals surface area (Å²) in [6.07, 6.45) is -30.8. The van der Waals surface area contributed by atoms with Gasteiger partial charge >= 0.3 is 0 Å². The first-order valence-corrected chi connectivity index (χ1v) is 29.8. The lowest BCUT2D eigenvalue weighted by atomic mass is 9.47. The fourth-order valence-electron chi connectivity index (χ4n) is 16.2. The van der Waals surface area contributed by atoms with Crippen LogP contribution in [-0.4, -0.2) is 280 Å². The average Bonchev–Trinajstić information content (AvgIpc) is 1.68. The van der Waals surface area contributed by atoms with Crippen molar-refractivity contribution in [1.82, 2.24) is 0 Å². The molecular formula is C56H92O27. The van der Waals surface area contributed by atoms with Gasteiger partial charge in [-0.1, -0.05) is 39.3 Å². The van der Waals surface area contributed by atoms with E-state index in [0.29, 0.717) is 43.4 Å².